The SMILES string of the molecule is COCCN(CC(=O)Nc1nc(CC(=O)Nc2ccc(C)c(C)c2)cs1)C(=O)c1ccc(Cl)cc1. The van der Waals surface area contributed by atoms with E-state index >= 15 is 0 Å². The standard InChI is InChI=1S/C25H27ClN4O4S/c1-16-4-9-20(12-17(16)2)27-22(31)13-21-15-35-25(28-21)29-23(32)14-30(10-11-34-3)24(33)18-5-7-19(26)8-6-18/h4-9,12,15H,10-11,13-14H2,1-3H3,(H,27,31)(H,28,29,32). The molecule has 8 nitrogen and oxygen atoms in total. The van der Waals surface area contributed by atoms with Gasteiger partial charge in [-0.3, -0.25) is 14.4 Å². The summed E-state index contributed by atoms with van der Waals surface area (Å²) in [6.07, 6.45) is 0.0777. The van der Waals surface area contributed by atoms with Gasteiger partial charge < -0.3 is 20.3 Å². The fourth-order valence-electron chi connectivity index (χ4n) is 3.20. The molecule has 2 aromatic carbocycles. The van der Waals surface area contributed by atoms with Gasteiger partial charge in [0.25, 0.3) is 5.91 Å². The van der Waals surface area contributed by atoms with Crippen LogP contribution >= 0.6 is 22.9 Å². The van der Waals surface area contributed by atoms with Crippen LogP contribution in [-0.2, 0) is 20.7 Å². The molecule has 3 amide bonds. The number of amides is 3. The minimum atomic E-state index is -0.399. The van der Waals surface area contributed by atoms with Gasteiger partial charge in [-0.1, -0.05) is 17.7 Å². The molecule has 10 heteroatoms. The Bertz CT molecular complexity index is 1200. The number of nitrogens with one attached hydrogen (secondary N) is 2. The zero-order valence-electron chi connectivity index (χ0n) is 19.8. The predicted octanol–water partition coefficient (Wildman–Crippen LogP) is 4.32. The molecule has 3 rings (SSSR count). The lowest BCUT2D eigenvalue weighted by molar-refractivity contribution is -0.117. The topological polar surface area (TPSA) is 101 Å². The zero-order chi connectivity index (χ0) is 25.4. The maximum Gasteiger partial charge on any atom is 0.254 e. The largest absolute Gasteiger partial charge is 0.383 e. The molecule has 0 saturated carbocycles. The minimum Gasteiger partial charge on any atom is -0.383 e. The van der Waals surface area contributed by atoms with Gasteiger partial charge in [-0.25, -0.2) is 4.98 Å². The van der Waals surface area contributed by atoms with Crippen LogP contribution in [-0.4, -0.2) is 54.4 Å². The Morgan fingerprint density at radius 1 is 1.03 bits per heavy atom. The maximum atomic E-state index is 12.9. The van der Waals surface area contributed by atoms with Crippen molar-refractivity contribution in [2.75, 3.05) is 37.4 Å². The number of thiazole rings is 1. The fraction of sp³-hybridized carbons (Fsp3) is 0.280. The molecule has 0 aliphatic rings. The summed E-state index contributed by atoms with van der Waals surface area (Å²) in [5, 5.41) is 8.16. The molecular formula is C25H27ClN4O4S. The number of nitrogens with zero attached hydrogens (tertiary/aromatic N) is 2. The summed E-state index contributed by atoms with van der Waals surface area (Å²) in [4.78, 5) is 43.6. The first kappa shape index (κ1) is 26.3. The number of aromatic nitrogens is 1. The first-order chi connectivity index (χ1) is 16.7. The highest BCUT2D eigenvalue weighted by atomic mass is 35.5. The number of anilines is 2. The summed E-state index contributed by atoms with van der Waals surface area (Å²) < 4.78 is 5.08. The Labute approximate surface area is 213 Å². The van der Waals surface area contributed by atoms with Crippen LogP contribution in [0.25, 0.3) is 0 Å². The van der Waals surface area contributed by atoms with Gasteiger partial charge in [-0.15, -0.1) is 11.3 Å². The van der Waals surface area contributed by atoms with Gasteiger partial charge in [0.05, 0.1) is 18.7 Å². The third-order valence-corrected chi connectivity index (χ3v) is 6.27. The number of ether oxygens (including phenoxy) is 1. The van der Waals surface area contributed by atoms with Crippen molar-refractivity contribution in [3.8, 4) is 0 Å². The number of carbonyl (C=O) groups is 3. The molecule has 0 spiro atoms. The predicted molar refractivity (Wildman–Crippen MR) is 138 cm³/mol. The van der Waals surface area contributed by atoms with Crippen LogP contribution in [0.4, 0.5) is 10.8 Å². The molecule has 0 aliphatic heterocycles. The molecule has 0 bridgehead atoms. The molecule has 3 aromatic rings. The Kier molecular flexibility index (Phi) is 9.36. The Hall–Kier alpha value is -3.27. The number of aryl methyl sites for hydroxylation is 2. The van der Waals surface area contributed by atoms with Crippen molar-refractivity contribution in [2.45, 2.75) is 20.3 Å². The summed E-state index contributed by atoms with van der Waals surface area (Å²) >= 11 is 7.12. The van der Waals surface area contributed by atoms with Crippen molar-refractivity contribution < 1.29 is 19.1 Å². The monoisotopic (exact) mass is 514 g/mol. The van der Waals surface area contributed by atoms with Gasteiger partial charge in [-0.2, -0.15) is 0 Å². The molecule has 1 aromatic heterocycles. The number of methoxy groups -OCH3 is 1. The molecule has 0 aliphatic carbocycles. The molecule has 1 heterocycles. The van der Waals surface area contributed by atoms with E-state index in [0.717, 1.165) is 16.8 Å². The fourth-order valence-corrected chi connectivity index (χ4v) is 4.05. The molecule has 0 saturated heterocycles. The second kappa shape index (κ2) is 12.4. The third kappa shape index (κ3) is 7.88. The Morgan fingerprint density at radius 3 is 2.46 bits per heavy atom. The normalized spacial score (nSPS) is 10.6. The van der Waals surface area contributed by atoms with Crippen LogP contribution in [0.1, 0.15) is 27.2 Å². The van der Waals surface area contributed by atoms with E-state index in [4.69, 9.17) is 16.3 Å². The minimum absolute atomic E-state index is 0.0777. The van der Waals surface area contributed by atoms with Crippen molar-refractivity contribution in [3.05, 3.63) is 75.3 Å². The van der Waals surface area contributed by atoms with Crippen LogP contribution in [0.3, 0.4) is 0 Å². The van der Waals surface area contributed by atoms with Crippen molar-refractivity contribution in [3.63, 3.8) is 0 Å². The molecule has 35 heavy (non-hydrogen) atoms. The van der Waals surface area contributed by atoms with Crippen LogP contribution in [0.2, 0.25) is 5.02 Å². The van der Waals surface area contributed by atoms with E-state index in [1.54, 1.807) is 29.6 Å². The average Bonchev–Trinajstić information content (AvgIpc) is 3.25. The first-order valence-corrected chi connectivity index (χ1v) is 12.2. The molecule has 0 atom stereocenters. The van der Waals surface area contributed by atoms with Crippen molar-refractivity contribution in [1.29, 1.82) is 0 Å². The summed E-state index contributed by atoms with van der Waals surface area (Å²) in [6, 6.07) is 12.2. The number of hydrogen-bond donors (Lipinski definition) is 2. The van der Waals surface area contributed by atoms with E-state index < -0.39 is 5.91 Å². The van der Waals surface area contributed by atoms with Gasteiger partial charge in [0.1, 0.15) is 6.54 Å². The van der Waals surface area contributed by atoms with Crippen LogP contribution in [0.15, 0.2) is 47.8 Å². The second-order valence-electron chi connectivity index (χ2n) is 7.94. The van der Waals surface area contributed by atoms with Crippen molar-refractivity contribution in [1.82, 2.24) is 9.88 Å². The first-order valence-electron chi connectivity index (χ1n) is 10.9. The number of benzene rings is 2. The summed E-state index contributed by atoms with van der Waals surface area (Å²) in [5.74, 6) is -0.906. The number of halogens is 1. The van der Waals surface area contributed by atoms with Crippen LogP contribution in [0, 0.1) is 13.8 Å². The number of rotatable bonds is 10. The third-order valence-electron chi connectivity index (χ3n) is 5.21. The van der Waals surface area contributed by atoms with Crippen molar-refractivity contribution >= 4 is 51.5 Å². The van der Waals surface area contributed by atoms with E-state index in [2.05, 4.69) is 15.6 Å². The lowest BCUT2D eigenvalue weighted by Gasteiger charge is -2.21. The quantitative estimate of drug-likeness (QED) is 0.419. The smallest absolute Gasteiger partial charge is 0.254 e. The van der Waals surface area contributed by atoms with Gasteiger partial charge in [0, 0.05) is 35.3 Å². The zero-order valence-corrected chi connectivity index (χ0v) is 21.3. The summed E-state index contributed by atoms with van der Waals surface area (Å²) in [7, 11) is 1.53. The van der Waals surface area contributed by atoms with E-state index in [-0.39, 0.29) is 37.9 Å². The number of hydrogen-bond acceptors (Lipinski definition) is 6. The average molecular weight is 515 g/mol. The molecule has 2 N–H and O–H groups in total. The highest BCUT2D eigenvalue weighted by Gasteiger charge is 2.20. The van der Waals surface area contributed by atoms with E-state index in [9.17, 15) is 14.4 Å². The van der Waals surface area contributed by atoms with Gasteiger partial charge in [0.2, 0.25) is 11.8 Å². The Balaban J connectivity index is 1.57. The number of carbonyl (C=O) groups excluding carboxylic acids is 3. The molecule has 0 unspecified atom stereocenters. The van der Waals surface area contributed by atoms with E-state index in [1.807, 2.05) is 32.0 Å². The molecule has 0 fully saturated rings. The van der Waals surface area contributed by atoms with Gasteiger partial charge in [0.15, 0.2) is 5.13 Å². The van der Waals surface area contributed by atoms with Gasteiger partial charge >= 0.3 is 0 Å². The second-order valence-corrected chi connectivity index (χ2v) is 9.24. The maximum absolute atomic E-state index is 12.9. The summed E-state index contributed by atoms with van der Waals surface area (Å²) in [6.45, 7) is 4.35. The Morgan fingerprint density at radius 2 is 1.77 bits per heavy atom. The highest BCUT2D eigenvalue weighted by molar-refractivity contribution is 7.13. The van der Waals surface area contributed by atoms with Gasteiger partial charge in [-0.05, 0) is 61.4 Å². The van der Waals surface area contributed by atoms with Crippen molar-refractivity contribution in [2.24, 2.45) is 0 Å². The van der Waals surface area contributed by atoms with Crippen LogP contribution in [0.5, 0.6) is 0 Å². The lowest BCUT2D eigenvalue weighted by atomic mass is 10.1. The highest BCUT2D eigenvalue weighted by Crippen LogP contribution is 2.18. The molecular weight excluding hydrogens is 488 g/mol. The molecule has 0 radical (unpaired) electrons. The lowest BCUT2D eigenvalue weighted by Crippen LogP contribution is -2.40. The van der Waals surface area contributed by atoms with E-state index in [1.165, 1.54) is 23.3 Å². The molecule has 184 valence electrons. The van der Waals surface area contributed by atoms with Crippen LogP contribution < -0.4 is 10.6 Å². The van der Waals surface area contributed by atoms with E-state index in [0.29, 0.717) is 21.4 Å². The summed E-state index contributed by atoms with van der Waals surface area (Å²) in [5.41, 5.74) is 3.93.